The molecule has 9 heteroatoms. The number of carbonyl (C=O) groups excluding carboxylic acids is 2. The van der Waals surface area contributed by atoms with E-state index in [0.717, 1.165) is 31.0 Å². The van der Waals surface area contributed by atoms with E-state index in [9.17, 15) is 9.59 Å². The van der Waals surface area contributed by atoms with Crippen LogP contribution >= 0.6 is 0 Å². The topological polar surface area (TPSA) is 71.2 Å². The summed E-state index contributed by atoms with van der Waals surface area (Å²) in [7, 11) is 0. The monoisotopic (exact) mass is 569 g/mol. The van der Waals surface area contributed by atoms with Gasteiger partial charge in [-0.25, -0.2) is 0 Å². The van der Waals surface area contributed by atoms with Crippen LogP contribution in [-0.2, 0) is 17.6 Å². The van der Waals surface area contributed by atoms with Gasteiger partial charge in [-0.15, -0.1) is 0 Å². The molecule has 2 N–H and O–H groups in total. The summed E-state index contributed by atoms with van der Waals surface area (Å²) in [5, 5.41) is 6.20. The van der Waals surface area contributed by atoms with Gasteiger partial charge in [0.05, 0.1) is 0 Å². The van der Waals surface area contributed by atoms with Crippen LogP contribution in [0.3, 0.4) is 0 Å². The number of urea groups is 2. The third kappa shape index (κ3) is 2.48. The van der Waals surface area contributed by atoms with E-state index in [1.54, 1.807) is 0 Å². The van der Waals surface area contributed by atoms with Crippen molar-refractivity contribution in [2.45, 2.75) is 0 Å². The van der Waals surface area contributed by atoms with Gasteiger partial charge < -0.3 is 0 Å². The van der Waals surface area contributed by atoms with E-state index >= 15 is 0 Å². The predicted octanol–water partition coefficient (Wildman–Crippen LogP) is 1.98. The van der Waals surface area contributed by atoms with Crippen LogP contribution in [0, 0.1) is 0 Å². The zero-order chi connectivity index (χ0) is 19.5. The molecule has 0 aliphatic carbocycles. The minimum atomic E-state index is -0.793. The Hall–Kier alpha value is -2.99. The predicted molar refractivity (Wildman–Crippen MR) is 109 cm³/mol. The number of nitrogens with one attached hydrogen (secondary N) is 2. The molecule has 0 saturated carbocycles. The molecular formula is C20H18N6O2Pt. The number of nitrogens with zero attached hydrogens (tertiary/aromatic N) is 4. The fraction of sp³-hybridized carbons (Fsp3) is 0.200. The van der Waals surface area contributed by atoms with E-state index < -0.39 is 17.6 Å². The molecule has 2 aromatic carbocycles. The van der Waals surface area contributed by atoms with Crippen molar-refractivity contribution in [3.63, 3.8) is 0 Å². The van der Waals surface area contributed by atoms with Crippen molar-refractivity contribution in [1.29, 1.82) is 0 Å². The Bertz CT molecular complexity index is 1060. The van der Waals surface area contributed by atoms with Gasteiger partial charge in [-0.3, -0.25) is 0 Å². The summed E-state index contributed by atoms with van der Waals surface area (Å²) >= 11 is -0.793. The summed E-state index contributed by atoms with van der Waals surface area (Å²) in [5.74, 6) is 0. The second-order valence-electron chi connectivity index (χ2n) is 7.06. The van der Waals surface area contributed by atoms with E-state index in [1.165, 1.54) is 0 Å². The molecule has 4 amide bonds. The first-order valence-electron chi connectivity index (χ1n) is 9.43. The number of anilines is 4. The second kappa shape index (κ2) is 6.25. The molecule has 2 fully saturated rings. The molecule has 150 valence electrons. The zero-order valence-electron chi connectivity index (χ0n) is 15.4. The molecule has 29 heavy (non-hydrogen) atoms. The van der Waals surface area contributed by atoms with Gasteiger partial charge in [-0.2, -0.15) is 0 Å². The van der Waals surface area contributed by atoms with Gasteiger partial charge >= 0.3 is 175 Å². The number of carbonyl (C=O) groups is 2. The number of fused-ring (bicyclic) bond motifs is 4. The number of hydrogen-bond acceptors (Lipinski definition) is 4. The van der Waals surface area contributed by atoms with Gasteiger partial charge in [0.15, 0.2) is 0 Å². The van der Waals surface area contributed by atoms with Gasteiger partial charge in [-0.1, -0.05) is 0 Å². The van der Waals surface area contributed by atoms with Crippen molar-refractivity contribution < 1.29 is 27.2 Å². The molecule has 0 spiro atoms. The Morgan fingerprint density at radius 2 is 1.03 bits per heavy atom. The van der Waals surface area contributed by atoms with Gasteiger partial charge in [-0.05, 0) is 0 Å². The van der Waals surface area contributed by atoms with E-state index in [0.29, 0.717) is 26.2 Å². The first-order chi connectivity index (χ1) is 14.2. The summed E-state index contributed by atoms with van der Waals surface area (Å²) in [4.78, 5) is 34.4. The Kier molecular flexibility index (Phi) is 3.65. The maximum atomic E-state index is 13.2. The van der Waals surface area contributed by atoms with E-state index in [2.05, 4.69) is 20.4 Å². The van der Waals surface area contributed by atoms with Crippen molar-refractivity contribution in [2.24, 2.45) is 0 Å². The summed E-state index contributed by atoms with van der Waals surface area (Å²) in [5.41, 5.74) is 3.43. The summed E-state index contributed by atoms with van der Waals surface area (Å²) in [6, 6.07) is 15.4. The second-order valence-corrected chi connectivity index (χ2v) is 9.66. The molecular weight excluding hydrogens is 551 g/mol. The molecule has 2 aromatic rings. The Labute approximate surface area is 175 Å². The fourth-order valence-electron chi connectivity index (χ4n) is 4.04. The molecule has 0 aromatic heterocycles. The minimum absolute atomic E-state index is 0.112. The number of amides is 4. The van der Waals surface area contributed by atoms with Crippen LogP contribution in [0.2, 0.25) is 0 Å². The van der Waals surface area contributed by atoms with Crippen molar-refractivity contribution in [3.05, 3.63) is 48.5 Å². The van der Waals surface area contributed by atoms with E-state index in [-0.39, 0.29) is 12.1 Å². The molecule has 4 heterocycles. The van der Waals surface area contributed by atoms with Crippen LogP contribution in [0.1, 0.15) is 0 Å². The Balaban J connectivity index is 1.65. The Morgan fingerprint density at radius 1 is 0.621 bits per heavy atom. The molecule has 4 aliphatic rings. The van der Waals surface area contributed by atoms with Crippen molar-refractivity contribution in [3.8, 4) is 0 Å². The van der Waals surface area contributed by atoms with E-state index in [1.807, 2.05) is 58.3 Å². The molecule has 0 atom stereocenters. The SMILES string of the molecule is O=C1Nc2ccccc2N2CCN3C(=O)Nc4ccccc4N4CCN1[C]4=[Pt]=[C]32. The van der Waals surface area contributed by atoms with Crippen molar-refractivity contribution >= 4 is 43.1 Å². The van der Waals surface area contributed by atoms with Crippen LogP contribution in [-0.4, -0.2) is 56.3 Å². The van der Waals surface area contributed by atoms with Crippen LogP contribution in [0.4, 0.5) is 32.3 Å². The normalized spacial score (nSPS) is 20.3. The molecule has 0 unspecified atom stereocenters. The number of para-hydroxylation sites is 4. The third-order valence-corrected chi connectivity index (χ3v) is 8.89. The van der Waals surface area contributed by atoms with Gasteiger partial charge in [0.25, 0.3) is 0 Å². The number of hydrogen-bond donors (Lipinski definition) is 2. The first kappa shape index (κ1) is 16.9. The molecule has 2 bridgehead atoms. The van der Waals surface area contributed by atoms with Crippen LogP contribution in [0.15, 0.2) is 48.5 Å². The molecule has 6 rings (SSSR count). The average molecular weight is 569 g/mol. The Morgan fingerprint density at radius 3 is 1.52 bits per heavy atom. The standard InChI is InChI=1S/C20H18N6O2.Pt/c27-19-21-15-5-1-3-7-17(15)23-9-11-26(13-23)20(28)22-16-6-2-4-8-18(16)24-10-12-25(19)14-24;/h1-8H,9-12H2,(H,21,27)(H,22,28);. The molecule has 0 radical (unpaired) electrons. The van der Waals surface area contributed by atoms with Gasteiger partial charge in [0.1, 0.15) is 0 Å². The van der Waals surface area contributed by atoms with E-state index in [4.69, 9.17) is 0 Å². The van der Waals surface area contributed by atoms with Crippen LogP contribution in [0.5, 0.6) is 0 Å². The number of rotatable bonds is 0. The maximum absolute atomic E-state index is 13.2. The zero-order valence-corrected chi connectivity index (χ0v) is 17.6. The van der Waals surface area contributed by atoms with Gasteiger partial charge in [0, 0.05) is 0 Å². The van der Waals surface area contributed by atoms with Crippen LogP contribution < -0.4 is 20.4 Å². The van der Waals surface area contributed by atoms with Crippen molar-refractivity contribution in [1.82, 2.24) is 9.80 Å². The van der Waals surface area contributed by atoms with Crippen LogP contribution in [0.25, 0.3) is 0 Å². The molecule has 8 nitrogen and oxygen atoms in total. The molecule has 4 aliphatic heterocycles. The van der Waals surface area contributed by atoms with Gasteiger partial charge in [0.2, 0.25) is 0 Å². The number of benzene rings is 2. The average Bonchev–Trinajstić information content (AvgIpc) is 3.33. The van der Waals surface area contributed by atoms with Crippen molar-refractivity contribution in [2.75, 3.05) is 46.6 Å². The first-order valence-corrected chi connectivity index (χ1v) is 11.7. The quantitative estimate of drug-likeness (QED) is 0.510. The molecule has 2 saturated heterocycles. The third-order valence-electron chi connectivity index (χ3n) is 5.42. The fourth-order valence-corrected chi connectivity index (χ4v) is 7.75. The summed E-state index contributed by atoms with van der Waals surface area (Å²) in [6.07, 6.45) is 0. The summed E-state index contributed by atoms with van der Waals surface area (Å²) in [6.45, 7) is 2.67. The summed E-state index contributed by atoms with van der Waals surface area (Å²) < 4.78 is 2.01.